The summed E-state index contributed by atoms with van der Waals surface area (Å²) < 4.78 is 47.5. The quantitative estimate of drug-likeness (QED) is 0.481. The Hall–Kier alpha value is -3.32. The third-order valence-electron chi connectivity index (χ3n) is 9.71. The lowest BCUT2D eigenvalue weighted by molar-refractivity contribution is -0.140. The van der Waals surface area contributed by atoms with Crippen LogP contribution < -0.4 is 10.5 Å². The van der Waals surface area contributed by atoms with Gasteiger partial charge in [0.05, 0.1) is 35.8 Å². The second-order valence-electron chi connectivity index (χ2n) is 12.9. The average molecular weight is 631 g/mol. The van der Waals surface area contributed by atoms with E-state index in [1.807, 2.05) is 12.2 Å². The molecule has 5 atom stereocenters. The Morgan fingerprint density at radius 1 is 1.09 bits per heavy atom. The van der Waals surface area contributed by atoms with Crippen LogP contribution in [0.3, 0.4) is 0 Å². The van der Waals surface area contributed by atoms with Gasteiger partial charge in [-0.05, 0) is 56.1 Å². The molecule has 1 saturated heterocycles. The lowest BCUT2D eigenvalue weighted by Gasteiger charge is -2.27. The van der Waals surface area contributed by atoms with E-state index in [1.54, 1.807) is 12.1 Å². The van der Waals surface area contributed by atoms with Gasteiger partial charge in [0, 0.05) is 24.9 Å². The maximum Gasteiger partial charge on any atom is 0.410 e. The summed E-state index contributed by atoms with van der Waals surface area (Å²) in [4.78, 5) is 56.8. The monoisotopic (exact) mass is 630 g/mol. The van der Waals surface area contributed by atoms with Gasteiger partial charge in [0.25, 0.3) is 0 Å². The Bertz CT molecular complexity index is 1500. The molecule has 0 bridgehead atoms. The van der Waals surface area contributed by atoms with Crippen LogP contribution in [-0.4, -0.2) is 71.9 Å². The van der Waals surface area contributed by atoms with Crippen LogP contribution in [0.5, 0.6) is 0 Å². The number of benzene rings is 1. The topological polar surface area (TPSA) is 156 Å². The van der Waals surface area contributed by atoms with Gasteiger partial charge in [0.1, 0.15) is 11.9 Å². The number of allylic oxidation sites excluding steroid dienone is 2. The number of ketones is 1. The molecular formula is C31H39FN4O7S. The summed E-state index contributed by atoms with van der Waals surface area (Å²) in [6.45, 7) is 0.201. The van der Waals surface area contributed by atoms with E-state index in [2.05, 4.69) is 4.72 Å². The molecule has 3 aliphatic heterocycles. The fourth-order valence-corrected chi connectivity index (χ4v) is 8.20. The van der Waals surface area contributed by atoms with E-state index in [-0.39, 0.29) is 38.4 Å². The maximum absolute atomic E-state index is 14.2. The predicted octanol–water partition coefficient (Wildman–Crippen LogP) is 2.67. The number of nitrogens with two attached hydrogens (primary N) is 1. The van der Waals surface area contributed by atoms with Crippen LogP contribution in [0.25, 0.3) is 0 Å². The van der Waals surface area contributed by atoms with Crippen molar-refractivity contribution in [2.24, 2.45) is 17.1 Å². The van der Waals surface area contributed by atoms with Crippen molar-refractivity contribution in [3.8, 4) is 0 Å². The van der Waals surface area contributed by atoms with Crippen LogP contribution in [0.4, 0.5) is 9.18 Å². The van der Waals surface area contributed by atoms with Gasteiger partial charge in [-0.2, -0.15) is 0 Å². The number of rotatable bonds is 4. The summed E-state index contributed by atoms with van der Waals surface area (Å²) in [5.74, 6) is -2.21. The van der Waals surface area contributed by atoms with Crippen molar-refractivity contribution in [1.29, 1.82) is 0 Å². The Labute approximate surface area is 256 Å². The first kappa shape index (κ1) is 30.7. The molecule has 13 heteroatoms. The summed E-state index contributed by atoms with van der Waals surface area (Å²) in [6, 6.07) is 2.84. The van der Waals surface area contributed by atoms with Crippen LogP contribution in [-0.2, 0) is 42.2 Å². The van der Waals surface area contributed by atoms with Crippen LogP contribution >= 0.6 is 0 Å². The number of carbonyl (C=O) groups is 4. The van der Waals surface area contributed by atoms with Gasteiger partial charge in [0.2, 0.25) is 21.8 Å². The molecule has 3 amide bonds. The minimum Gasteiger partial charge on any atom is -0.444 e. The largest absolute Gasteiger partial charge is 0.444 e. The highest BCUT2D eigenvalue weighted by atomic mass is 32.2. The molecule has 0 spiro atoms. The lowest BCUT2D eigenvalue weighted by Crippen LogP contribution is -2.49. The first-order valence-electron chi connectivity index (χ1n) is 15.5. The fourth-order valence-electron chi connectivity index (χ4n) is 6.81. The number of hydrogen-bond donors (Lipinski definition) is 2. The van der Waals surface area contributed by atoms with Gasteiger partial charge in [-0.15, -0.1) is 0 Å². The molecule has 0 unspecified atom stereocenters. The number of sulfonamides is 1. The minimum atomic E-state index is -3.82. The van der Waals surface area contributed by atoms with Crippen LogP contribution in [0.2, 0.25) is 0 Å². The van der Waals surface area contributed by atoms with E-state index >= 15 is 0 Å². The smallest absolute Gasteiger partial charge is 0.410 e. The fraction of sp³-hybridized carbons (Fsp3) is 0.613. The molecule has 1 aromatic carbocycles. The van der Waals surface area contributed by atoms with E-state index < -0.39 is 68.4 Å². The molecule has 3 N–H and O–H groups in total. The van der Waals surface area contributed by atoms with Gasteiger partial charge in [0.15, 0.2) is 5.78 Å². The summed E-state index contributed by atoms with van der Waals surface area (Å²) in [5, 5.41) is -0.590. The SMILES string of the molecule is N[C@H]1CCCCC/C=C\[C@H]2C[C@@]2(C(=O)NS(=O)(=O)C2CC2)CC(=O)[C@@H]2C[C@@H](OC(=O)N3Cc4cccc(F)c4C3)CN2C1=O. The van der Waals surface area contributed by atoms with Gasteiger partial charge in [-0.25, -0.2) is 17.6 Å². The molecule has 0 radical (unpaired) electrons. The predicted molar refractivity (Wildman–Crippen MR) is 156 cm³/mol. The van der Waals surface area contributed by atoms with E-state index in [1.165, 1.54) is 15.9 Å². The maximum atomic E-state index is 14.2. The number of nitrogens with zero attached hydrogens (tertiary/aromatic N) is 2. The standard InChI is InChI=1S/C31H39FN4O7S/c32-24-9-6-7-19-16-35(18-23(19)24)30(40)43-21-13-26-27(37)15-31(29(39)34-44(41,42)22-11-12-22)14-20(31)8-4-2-1-3-5-10-25(33)28(38)36(26)17-21/h4,6-9,20-22,25-26H,1-3,5,10-18,33H2,(H,34,39)/b8-4-/t20-,21+,25-,26-,31+/m0/s1. The number of halogens is 1. The van der Waals surface area contributed by atoms with E-state index in [9.17, 15) is 32.0 Å². The molecule has 5 aliphatic rings. The number of amides is 3. The first-order chi connectivity index (χ1) is 21.0. The molecule has 3 heterocycles. The summed E-state index contributed by atoms with van der Waals surface area (Å²) in [6.07, 6.45) is 7.14. The number of fused-ring (bicyclic) bond motifs is 3. The highest BCUT2D eigenvalue weighted by Gasteiger charge is 2.61. The van der Waals surface area contributed by atoms with Crippen LogP contribution in [0.1, 0.15) is 75.3 Å². The van der Waals surface area contributed by atoms with Gasteiger partial charge in [-0.3, -0.25) is 24.0 Å². The Kier molecular flexibility index (Phi) is 8.29. The third-order valence-corrected chi connectivity index (χ3v) is 11.5. The van der Waals surface area contributed by atoms with Crippen molar-refractivity contribution in [3.63, 3.8) is 0 Å². The van der Waals surface area contributed by atoms with E-state index in [0.29, 0.717) is 36.8 Å². The van der Waals surface area contributed by atoms with Crippen molar-refractivity contribution in [2.45, 2.75) is 101 Å². The number of nitrogens with one attached hydrogen (secondary N) is 1. The molecule has 2 aliphatic carbocycles. The molecule has 0 aromatic heterocycles. The number of hydrogen-bond acceptors (Lipinski definition) is 8. The number of carbonyl (C=O) groups excluding carboxylic acids is 4. The van der Waals surface area contributed by atoms with Crippen LogP contribution in [0.15, 0.2) is 30.4 Å². The molecule has 6 rings (SSSR count). The zero-order valence-electron chi connectivity index (χ0n) is 24.6. The number of ether oxygens (including phenoxy) is 1. The summed E-state index contributed by atoms with van der Waals surface area (Å²) in [7, 11) is -3.82. The zero-order valence-corrected chi connectivity index (χ0v) is 25.4. The lowest BCUT2D eigenvalue weighted by atomic mass is 9.91. The third kappa shape index (κ3) is 6.13. The molecule has 2 saturated carbocycles. The molecule has 238 valence electrons. The van der Waals surface area contributed by atoms with Gasteiger partial charge >= 0.3 is 6.09 Å². The molecule has 3 fully saturated rings. The number of Topliss-reactive ketones (excluding diaryl/α,β-unsaturated/α-hetero) is 1. The molecular weight excluding hydrogens is 591 g/mol. The summed E-state index contributed by atoms with van der Waals surface area (Å²) in [5.41, 5.74) is 6.18. The second kappa shape index (κ2) is 11.9. The van der Waals surface area contributed by atoms with Crippen molar-refractivity contribution >= 4 is 33.7 Å². The van der Waals surface area contributed by atoms with Crippen molar-refractivity contribution in [2.75, 3.05) is 6.54 Å². The zero-order chi connectivity index (χ0) is 31.2. The van der Waals surface area contributed by atoms with Crippen molar-refractivity contribution in [1.82, 2.24) is 14.5 Å². The summed E-state index contributed by atoms with van der Waals surface area (Å²) >= 11 is 0. The van der Waals surface area contributed by atoms with Crippen LogP contribution in [0, 0.1) is 17.2 Å². The minimum absolute atomic E-state index is 0.0246. The molecule has 44 heavy (non-hydrogen) atoms. The highest BCUT2D eigenvalue weighted by molar-refractivity contribution is 7.90. The Morgan fingerprint density at radius 2 is 1.89 bits per heavy atom. The molecule has 11 nitrogen and oxygen atoms in total. The molecule has 1 aromatic rings. The Balaban J connectivity index is 1.20. The van der Waals surface area contributed by atoms with Gasteiger partial charge < -0.3 is 15.4 Å². The first-order valence-corrected chi connectivity index (χ1v) is 17.1. The second-order valence-corrected chi connectivity index (χ2v) is 14.9. The van der Waals surface area contributed by atoms with E-state index in [0.717, 1.165) is 25.7 Å². The van der Waals surface area contributed by atoms with Crippen molar-refractivity contribution < 1.29 is 36.7 Å². The van der Waals surface area contributed by atoms with E-state index in [4.69, 9.17) is 10.5 Å². The average Bonchev–Trinajstić information content (AvgIpc) is 3.86. The van der Waals surface area contributed by atoms with Gasteiger partial charge in [-0.1, -0.05) is 37.1 Å². The normalized spacial score (nSPS) is 31.7. The van der Waals surface area contributed by atoms with Crippen molar-refractivity contribution in [3.05, 3.63) is 47.3 Å². The highest BCUT2D eigenvalue weighted by Crippen LogP contribution is 2.57. The Morgan fingerprint density at radius 3 is 2.64 bits per heavy atom.